The van der Waals surface area contributed by atoms with Crippen LogP contribution in [0.25, 0.3) is 0 Å². The van der Waals surface area contributed by atoms with Crippen molar-refractivity contribution >= 4 is 36.0 Å². The second-order valence-corrected chi connectivity index (χ2v) is 5.92. The Morgan fingerprint density at radius 3 is 2.76 bits per heavy atom. The van der Waals surface area contributed by atoms with E-state index < -0.39 is 6.09 Å². The fraction of sp³-hybridized carbons (Fsp3) is 0.588. The number of hydrogen-bond acceptors (Lipinski definition) is 4. The van der Waals surface area contributed by atoms with Gasteiger partial charge in [-0.15, -0.1) is 24.0 Å². The van der Waals surface area contributed by atoms with Crippen molar-refractivity contribution in [2.75, 3.05) is 19.7 Å². The van der Waals surface area contributed by atoms with Gasteiger partial charge < -0.3 is 21.1 Å². The minimum Gasteiger partial charge on any atom is -0.450 e. The number of pyridine rings is 1. The molecule has 0 radical (unpaired) electrons. The first-order chi connectivity index (χ1) is 11.5. The van der Waals surface area contributed by atoms with E-state index in [0.717, 1.165) is 18.5 Å². The lowest BCUT2D eigenvalue weighted by atomic mass is 10.0. The molecule has 1 amide bonds. The van der Waals surface area contributed by atoms with Gasteiger partial charge in [0.2, 0.25) is 0 Å². The molecule has 1 aromatic rings. The molecule has 142 valence electrons. The van der Waals surface area contributed by atoms with Gasteiger partial charge in [-0.25, -0.2) is 4.79 Å². The van der Waals surface area contributed by atoms with E-state index in [9.17, 15) is 4.79 Å². The number of hydrogen-bond donors (Lipinski definition) is 3. The summed E-state index contributed by atoms with van der Waals surface area (Å²) in [4.78, 5) is 20.1. The molecule has 1 atom stereocenters. The predicted molar refractivity (Wildman–Crippen MR) is 111 cm³/mol. The maximum Gasteiger partial charge on any atom is 0.407 e. The van der Waals surface area contributed by atoms with Crippen LogP contribution in [0.5, 0.6) is 0 Å². The molecule has 25 heavy (non-hydrogen) atoms. The minimum absolute atomic E-state index is 0. The molecule has 0 spiro atoms. The highest BCUT2D eigenvalue weighted by Gasteiger charge is 2.14. The van der Waals surface area contributed by atoms with Gasteiger partial charge in [-0.1, -0.05) is 19.9 Å². The normalized spacial score (nSPS) is 12.2. The molecule has 0 aromatic carbocycles. The average molecular weight is 463 g/mol. The van der Waals surface area contributed by atoms with Gasteiger partial charge in [0.1, 0.15) is 0 Å². The van der Waals surface area contributed by atoms with Crippen LogP contribution in [0.2, 0.25) is 0 Å². The van der Waals surface area contributed by atoms with Crippen LogP contribution in [0.1, 0.15) is 32.9 Å². The van der Waals surface area contributed by atoms with Crippen LogP contribution in [0.15, 0.2) is 29.4 Å². The largest absolute Gasteiger partial charge is 0.450 e. The van der Waals surface area contributed by atoms with Crippen molar-refractivity contribution in [1.29, 1.82) is 0 Å². The Balaban J connectivity index is 0.00000576. The van der Waals surface area contributed by atoms with Crippen molar-refractivity contribution in [3.05, 3.63) is 30.1 Å². The number of nitrogens with one attached hydrogen (secondary N) is 2. The third kappa shape index (κ3) is 11.6. The summed E-state index contributed by atoms with van der Waals surface area (Å²) in [5.41, 5.74) is 6.88. The van der Waals surface area contributed by atoms with Crippen LogP contribution in [-0.2, 0) is 11.2 Å². The molecule has 0 aliphatic heterocycles. The predicted octanol–water partition coefficient (Wildman–Crippen LogP) is 2.31. The summed E-state index contributed by atoms with van der Waals surface area (Å²) in [5, 5.41) is 5.89. The van der Waals surface area contributed by atoms with Gasteiger partial charge in [0.25, 0.3) is 0 Å². The van der Waals surface area contributed by atoms with E-state index in [1.54, 1.807) is 13.1 Å². The van der Waals surface area contributed by atoms with Crippen LogP contribution in [-0.4, -0.2) is 42.8 Å². The SMILES string of the molecule is CCOC(=O)NC(CN=C(N)NCCc1ccccn1)CC(C)C.I. The van der Waals surface area contributed by atoms with E-state index in [4.69, 9.17) is 10.5 Å². The molecule has 0 saturated heterocycles. The molecule has 7 nitrogen and oxygen atoms in total. The second kappa shape index (κ2) is 13.7. The smallest absolute Gasteiger partial charge is 0.407 e. The molecule has 0 bridgehead atoms. The molecule has 0 saturated carbocycles. The Bertz CT molecular complexity index is 511. The number of aliphatic imine (C=N–C) groups is 1. The molecule has 0 fully saturated rings. The molecular formula is C17H30IN5O2. The molecule has 1 unspecified atom stereocenters. The third-order valence-electron chi connectivity index (χ3n) is 3.25. The van der Waals surface area contributed by atoms with Crippen molar-refractivity contribution in [1.82, 2.24) is 15.6 Å². The summed E-state index contributed by atoms with van der Waals surface area (Å²) < 4.78 is 4.92. The van der Waals surface area contributed by atoms with Crippen LogP contribution in [0.4, 0.5) is 4.79 Å². The molecule has 4 N–H and O–H groups in total. The Morgan fingerprint density at radius 1 is 1.40 bits per heavy atom. The number of ether oxygens (including phenoxy) is 1. The van der Waals surface area contributed by atoms with Crippen LogP contribution in [0.3, 0.4) is 0 Å². The van der Waals surface area contributed by atoms with Crippen LogP contribution in [0, 0.1) is 5.92 Å². The van der Waals surface area contributed by atoms with Crippen LogP contribution >= 0.6 is 24.0 Å². The topological polar surface area (TPSA) is 102 Å². The lowest BCUT2D eigenvalue weighted by Crippen LogP contribution is -2.40. The lowest BCUT2D eigenvalue weighted by molar-refractivity contribution is 0.147. The summed E-state index contributed by atoms with van der Waals surface area (Å²) in [6.45, 7) is 7.39. The lowest BCUT2D eigenvalue weighted by Gasteiger charge is -2.18. The number of rotatable bonds is 9. The fourth-order valence-electron chi connectivity index (χ4n) is 2.22. The molecule has 1 rings (SSSR count). The van der Waals surface area contributed by atoms with Gasteiger partial charge in [0.15, 0.2) is 5.96 Å². The van der Waals surface area contributed by atoms with E-state index in [2.05, 4.69) is 34.5 Å². The summed E-state index contributed by atoms with van der Waals surface area (Å²) in [5.74, 6) is 0.802. The zero-order chi connectivity index (χ0) is 17.8. The van der Waals surface area contributed by atoms with Gasteiger partial charge in [0, 0.05) is 24.9 Å². The highest BCUT2D eigenvalue weighted by molar-refractivity contribution is 14.0. The van der Waals surface area contributed by atoms with Gasteiger partial charge in [-0.3, -0.25) is 9.98 Å². The van der Waals surface area contributed by atoms with Crippen molar-refractivity contribution in [3.63, 3.8) is 0 Å². The molecule has 0 aliphatic rings. The molecule has 1 heterocycles. The Labute approximate surface area is 167 Å². The van der Waals surface area contributed by atoms with E-state index in [1.807, 2.05) is 18.2 Å². The monoisotopic (exact) mass is 463 g/mol. The maximum absolute atomic E-state index is 11.6. The first-order valence-corrected chi connectivity index (χ1v) is 8.38. The number of carbonyl (C=O) groups is 1. The van der Waals surface area contributed by atoms with Crippen LogP contribution < -0.4 is 16.4 Å². The van der Waals surface area contributed by atoms with E-state index in [-0.39, 0.29) is 30.0 Å². The highest BCUT2D eigenvalue weighted by atomic mass is 127. The van der Waals surface area contributed by atoms with E-state index >= 15 is 0 Å². The molecule has 1 aromatic heterocycles. The summed E-state index contributed by atoms with van der Waals surface area (Å²) in [6, 6.07) is 5.71. The summed E-state index contributed by atoms with van der Waals surface area (Å²) in [6.07, 6.45) is 2.93. The fourth-order valence-corrected chi connectivity index (χ4v) is 2.22. The van der Waals surface area contributed by atoms with Crippen molar-refractivity contribution in [2.24, 2.45) is 16.6 Å². The zero-order valence-corrected chi connectivity index (χ0v) is 17.5. The Kier molecular flexibility index (Phi) is 12.8. The minimum atomic E-state index is -0.417. The van der Waals surface area contributed by atoms with Crippen molar-refractivity contribution in [3.8, 4) is 0 Å². The van der Waals surface area contributed by atoms with Crippen molar-refractivity contribution in [2.45, 2.75) is 39.7 Å². The first kappa shape index (κ1) is 23.4. The third-order valence-corrected chi connectivity index (χ3v) is 3.25. The maximum atomic E-state index is 11.6. The number of nitrogens with zero attached hydrogens (tertiary/aromatic N) is 2. The van der Waals surface area contributed by atoms with Gasteiger partial charge >= 0.3 is 6.09 Å². The van der Waals surface area contributed by atoms with Crippen molar-refractivity contribution < 1.29 is 9.53 Å². The van der Waals surface area contributed by atoms with Gasteiger partial charge in [-0.2, -0.15) is 0 Å². The first-order valence-electron chi connectivity index (χ1n) is 8.38. The summed E-state index contributed by atoms with van der Waals surface area (Å²) in [7, 11) is 0. The van der Waals surface area contributed by atoms with E-state index in [0.29, 0.717) is 31.6 Å². The number of carbonyl (C=O) groups excluding carboxylic acids is 1. The number of nitrogens with two attached hydrogens (primary N) is 1. The number of guanidine groups is 1. The molecular weight excluding hydrogens is 433 g/mol. The highest BCUT2D eigenvalue weighted by Crippen LogP contribution is 2.05. The quantitative estimate of drug-likeness (QED) is 0.297. The number of halogens is 1. The number of amides is 1. The number of alkyl carbamates (subject to hydrolysis) is 1. The van der Waals surface area contributed by atoms with E-state index in [1.165, 1.54) is 0 Å². The second-order valence-electron chi connectivity index (χ2n) is 5.92. The Morgan fingerprint density at radius 2 is 2.16 bits per heavy atom. The van der Waals surface area contributed by atoms with Gasteiger partial charge in [-0.05, 0) is 31.4 Å². The molecule has 8 heteroatoms. The summed E-state index contributed by atoms with van der Waals surface area (Å²) >= 11 is 0. The Hall–Kier alpha value is -1.58. The standard InChI is InChI=1S/C17H29N5O2.HI/c1-4-24-17(23)22-15(11-13(2)3)12-21-16(18)20-10-8-14-7-5-6-9-19-14;/h5-7,9,13,15H,4,8,10-12H2,1-3H3,(H,22,23)(H3,18,20,21);1H. The average Bonchev–Trinajstić information content (AvgIpc) is 2.53. The van der Waals surface area contributed by atoms with Gasteiger partial charge in [0.05, 0.1) is 19.2 Å². The molecule has 0 aliphatic carbocycles. The zero-order valence-electron chi connectivity index (χ0n) is 15.2. The number of aromatic nitrogens is 1.